The van der Waals surface area contributed by atoms with Gasteiger partial charge >= 0.3 is 0 Å². The molecule has 0 aliphatic heterocycles. The molecule has 0 saturated carbocycles. The number of rotatable bonds is 7. The molecule has 0 spiro atoms. The minimum atomic E-state index is 0.818. The van der Waals surface area contributed by atoms with E-state index in [4.69, 9.17) is 11.6 Å². The molecule has 0 aliphatic rings. The van der Waals surface area contributed by atoms with Crippen molar-refractivity contribution in [3.05, 3.63) is 28.8 Å². The summed E-state index contributed by atoms with van der Waals surface area (Å²) < 4.78 is 0. The Morgan fingerprint density at radius 2 is 1.82 bits per heavy atom. The fraction of sp³-hybridized carbons (Fsp3) is 0.571. The van der Waals surface area contributed by atoms with Crippen LogP contribution in [0.2, 0.25) is 5.02 Å². The maximum Gasteiger partial charge on any atom is 0.0471 e. The summed E-state index contributed by atoms with van der Waals surface area (Å²) in [5, 5.41) is 4.05. The number of nitrogens with one attached hydrogen (secondary N) is 1. The van der Waals surface area contributed by atoms with Crippen LogP contribution in [0.25, 0.3) is 0 Å². The molecule has 0 atom stereocenters. The summed E-state index contributed by atoms with van der Waals surface area (Å²) >= 11 is 6.29. The Bertz CT molecular complexity index is 333. The molecule has 0 fully saturated rings. The molecule has 0 bridgehead atoms. The molecular weight excluding hydrogens is 232 g/mol. The van der Waals surface area contributed by atoms with Gasteiger partial charge in [-0.2, -0.15) is 0 Å². The van der Waals surface area contributed by atoms with E-state index in [-0.39, 0.29) is 0 Å². The standard InChI is InChI=1S/C14H23ClN2/c1-4-9-17(10-5-2)14-8-6-7-13(15)12(14)11-16-3/h6-8,16H,4-5,9-11H2,1-3H3. The summed E-state index contributed by atoms with van der Waals surface area (Å²) in [7, 11) is 1.96. The maximum atomic E-state index is 6.29. The summed E-state index contributed by atoms with van der Waals surface area (Å²) in [6.07, 6.45) is 2.32. The van der Waals surface area contributed by atoms with Crippen LogP contribution >= 0.6 is 11.6 Å². The average molecular weight is 255 g/mol. The van der Waals surface area contributed by atoms with Crippen molar-refractivity contribution in [3.63, 3.8) is 0 Å². The topological polar surface area (TPSA) is 15.3 Å². The number of benzene rings is 1. The third-order valence-corrected chi connectivity index (χ3v) is 3.13. The van der Waals surface area contributed by atoms with E-state index in [1.807, 2.05) is 19.2 Å². The summed E-state index contributed by atoms with van der Waals surface area (Å²) in [5.74, 6) is 0. The van der Waals surface area contributed by atoms with Crippen LogP contribution in [0.4, 0.5) is 5.69 Å². The van der Waals surface area contributed by atoms with Gasteiger partial charge in [0.1, 0.15) is 0 Å². The van der Waals surface area contributed by atoms with E-state index < -0.39 is 0 Å². The third kappa shape index (κ3) is 3.90. The summed E-state index contributed by atoms with van der Waals surface area (Å²) in [5.41, 5.74) is 2.48. The molecule has 0 amide bonds. The van der Waals surface area contributed by atoms with Gasteiger partial charge in [-0.25, -0.2) is 0 Å². The van der Waals surface area contributed by atoms with Crippen LogP contribution in [-0.2, 0) is 6.54 Å². The second-order valence-corrected chi connectivity index (χ2v) is 4.66. The van der Waals surface area contributed by atoms with Gasteiger partial charge in [0.25, 0.3) is 0 Å². The Morgan fingerprint density at radius 1 is 1.18 bits per heavy atom. The van der Waals surface area contributed by atoms with Gasteiger partial charge in [0.05, 0.1) is 0 Å². The van der Waals surface area contributed by atoms with Gasteiger partial charge in [0.2, 0.25) is 0 Å². The lowest BCUT2D eigenvalue weighted by Crippen LogP contribution is -2.26. The van der Waals surface area contributed by atoms with Crippen molar-refractivity contribution in [1.82, 2.24) is 5.32 Å². The summed E-state index contributed by atoms with van der Waals surface area (Å²) in [4.78, 5) is 2.43. The Hall–Kier alpha value is -0.730. The van der Waals surface area contributed by atoms with E-state index in [1.165, 1.54) is 11.3 Å². The number of hydrogen-bond acceptors (Lipinski definition) is 2. The minimum absolute atomic E-state index is 0.818. The van der Waals surface area contributed by atoms with Crippen LogP contribution in [0.1, 0.15) is 32.3 Å². The first-order valence-corrected chi connectivity index (χ1v) is 6.79. The Kier molecular flexibility index (Phi) is 6.38. The molecule has 1 aromatic rings. The second kappa shape index (κ2) is 7.57. The van der Waals surface area contributed by atoms with Crippen LogP contribution in [0.15, 0.2) is 18.2 Å². The zero-order valence-corrected chi connectivity index (χ0v) is 11.8. The molecule has 3 heteroatoms. The molecule has 0 aromatic heterocycles. The fourth-order valence-corrected chi connectivity index (χ4v) is 2.32. The monoisotopic (exact) mass is 254 g/mol. The molecule has 1 aromatic carbocycles. The van der Waals surface area contributed by atoms with Gasteiger partial charge in [-0.3, -0.25) is 0 Å². The van der Waals surface area contributed by atoms with Gasteiger partial charge in [-0.15, -0.1) is 0 Å². The largest absolute Gasteiger partial charge is 0.371 e. The molecule has 1 rings (SSSR count). The highest BCUT2D eigenvalue weighted by atomic mass is 35.5. The van der Waals surface area contributed by atoms with Gasteiger partial charge in [-0.1, -0.05) is 31.5 Å². The Labute approximate surface area is 110 Å². The van der Waals surface area contributed by atoms with Crippen molar-refractivity contribution in [1.29, 1.82) is 0 Å². The highest BCUT2D eigenvalue weighted by Crippen LogP contribution is 2.27. The molecule has 0 unspecified atom stereocenters. The lowest BCUT2D eigenvalue weighted by molar-refractivity contribution is 0.732. The first kappa shape index (κ1) is 14.3. The number of anilines is 1. The molecule has 0 saturated heterocycles. The normalized spacial score (nSPS) is 10.6. The molecule has 17 heavy (non-hydrogen) atoms. The first-order valence-electron chi connectivity index (χ1n) is 6.41. The molecule has 96 valence electrons. The fourth-order valence-electron chi connectivity index (χ4n) is 2.09. The summed E-state index contributed by atoms with van der Waals surface area (Å²) in [6, 6.07) is 6.17. The lowest BCUT2D eigenvalue weighted by atomic mass is 10.1. The van der Waals surface area contributed by atoms with Gasteiger partial charge in [-0.05, 0) is 32.0 Å². The molecule has 0 aliphatic carbocycles. The Morgan fingerprint density at radius 3 is 2.35 bits per heavy atom. The predicted octanol–water partition coefficient (Wildman–Crippen LogP) is 3.69. The van der Waals surface area contributed by atoms with Gasteiger partial charge in [0.15, 0.2) is 0 Å². The third-order valence-electron chi connectivity index (χ3n) is 2.78. The van der Waals surface area contributed by atoms with Crippen molar-refractivity contribution < 1.29 is 0 Å². The number of hydrogen-bond donors (Lipinski definition) is 1. The van der Waals surface area contributed by atoms with Crippen LogP contribution in [-0.4, -0.2) is 20.1 Å². The van der Waals surface area contributed by atoms with E-state index in [0.717, 1.165) is 37.5 Å². The SMILES string of the molecule is CCCN(CCC)c1cccc(Cl)c1CNC. The van der Waals surface area contributed by atoms with Gasteiger partial charge < -0.3 is 10.2 Å². The molecular formula is C14H23ClN2. The van der Waals surface area contributed by atoms with E-state index >= 15 is 0 Å². The van der Waals surface area contributed by atoms with Crippen LogP contribution < -0.4 is 10.2 Å². The van der Waals surface area contributed by atoms with E-state index in [0.29, 0.717) is 0 Å². The van der Waals surface area contributed by atoms with Gasteiger partial charge in [0, 0.05) is 35.9 Å². The number of halogens is 1. The van der Waals surface area contributed by atoms with Crippen molar-refractivity contribution in [2.24, 2.45) is 0 Å². The van der Waals surface area contributed by atoms with E-state index in [2.05, 4.69) is 30.1 Å². The lowest BCUT2D eigenvalue weighted by Gasteiger charge is -2.27. The molecule has 0 heterocycles. The smallest absolute Gasteiger partial charge is 0.0471 e. The van der Waals surface area contributed by atoms with Crippen LogP contribution in [0.3, 0.4) is 0 Å². The highest BCUT2D eigenvalue weighted by Gasteiger charge is 2.11. The van der Waals surface area contributed by atoms with Crippen molar-refractivity contribution in [2.75, 3.05) is 25.0 Å². The first-order chi connectivity index (χ1) is 8.24. The van der Waals surface area contributed by atoms with Crippen LogP contribution in [0.5, 0.6) is 0 Å². The van der Waals surface area contributed by atoms with Crippen molar-refractivity contribution in [2.45, 2.75) is 33.2 Å². The minimum Gasteiger partial charge on any atom is -0.371 e. The Balaban J connectivity index is 3.03. The molecule has 1 N–H and O–H groups in total. The zero-order chi connectivity index (χ0) is 12.7. The van der Waals surface area contributed by atoms with Crippen molar-refractivity contribution >= 4 is 17.3 Å². The highest BCUT2D eigenvalue weighted by molar-refractivity contribution is 6.31. The second-order valence-electron chi connectivity index (χ2n) is 4.25. The summed E-state index contributed by atoms with van der Waals surface area (Å²) in [6.45, 7) is 7.42. The van der Waals surface area contributed by atoms with E-state index in [9.17, 15) is 0 Å². The predicted molar refractivity (Wildman–Crippen MR) is 77.0 cm³/mol. The zero-order valence-electron chi connectivity index (χ0n) is 11.1. The quantitative estimate of drug-likeness (QED) is 0.799. The molecule has 2 nitrogen and oxygen atoms in total. The van der Waals surface area contributed by atoms with Crippen LogP contribution in [0, 0.1) is 0 Å². The van der Waals surface area contributed by atoms with E-state index in [1.54, 1.807) is 0 Å². The molecule has 0 radical (unpaired) electrons. The van der Waals surface area contributed by atoms with Crippen molar-refractivity contribution in [3.8, 4) is 0 Å². The number of nitrogens with zero attached hydrogens (tertiary/aromatic N) is 1. The average Bonchev–Trinajstić information content (AvgIpc) is 2.32. The maximum absolute atomic E-state index is 6.29.